The van der Waals surface area contributed by atoms with Crippen molar-refractivity contribution in [2.75, 3.05) is 20.3 Å². The fourth-order valence-corrected chi connectivity index (χ4v) is 2.27. The van der Waals surface area contributed by atoms with Crippen molar-refractivity contribution < 1.29 is 28.6 Å². The summed E-state index contributed by atoms with van der Waals surface area (Å²) in [7, 11) is 1.40. The molecule has 1 aromatic carbocycles. The number of carbonyl (C=O) groups excluding carboxylic acids is 3. The summed E-state index contributed by atoms with van der Waals surface area (Å²) in [5.41, 5.74) is 4.54. The van der Waals surface area contributed by atoms with Gasteiger partial charge in [-0.15, -0.1) is 0 Å². The first kappa shape index (κ1) is 21.0. The van der Waals surface area contributed by atoms with Crippen LogP contribution in [0.5, 0.6) is 11.6 Å². The first-order valence-corrected chi connectivity index (χ1v) is 8.51. The first-order chi connectivity index (χ1) is 13.5. The molecule has 0 aliphatic carbocycles. The molecule has 0 spiro atoms. The Morgan fingerprint density at radius 2 is 1.93 bits per heavy atom. The van der Waals surface area contributed by atoms with Crippen LogP contribution in [-0.4, -0.2) is 43.1 Å². The second kappa shape index (κ2) is 10.1. The number of amides is 2. The average molecular weight is 408 g/mol. The van der Waals surface area contributed by atoms with Gasteiger partial charge >= 0.3 is 5.97 Å². The quantitative estimate of drug-likeness (QED) is 0.530. The van der Waals surface area contributed by atoms with Crippen LogP contribution in [0.4, 0.5) is 0 Å². The van der Waals surface area contributed by atoms with Crippen molar-refractivity contribution in [3.63, 3.8) is 0 Å². The number of pyridine rings is 1. The van der Waals surface area contributed by atoms with Crippen molar-refractivity contribution in [1.29, 1.82) is 0 Å². The zero-order chi connectivity index (χ0) is 20.5. The van der Waals surface area contributed by atoms with Crippen LogP contribution in [-0.2, 0) is 9.53 Å². The van der Waals surface area contributed by atoms with E-state index in [2.05, 4.69) is 15.8 Å². The van der Waals surface area contributed by atoms with Gasteiger partial charge in [0.2, 0.25) is 5.88 Å². The summed E-state index contributed by atoms with van der Waals surface area (Å²) in [4.78, 5) is 40.0. The summed E-state index contributed by atoms with van der Waals surface area (Å²) < 4.78 is 15.2. The Labute approximate surface area is 165 Å². The van der Waals surface area contributed by atoms with Gasteiger partial charge in [0.1, 0.15) is 11.3 Å². The molecule has 0 atom stereocenters. The molecule has 0 aliphatic heterocycles. The Bertz CT molecular complexity index is 874. The second-order valence-electron chi connectivity index (χ2n) is 5.21. The Hall–Kier alpha value is -3.33. The number of rotatable bonds is 7. The number of nitrogens with zero attached hydrogens (tertiary/aromatic N) is 1. The lowest BCUT2D eigenvalue weighted by Gasteiger charge is -2.11. The first-order valence-electron chi connectivity index (χ1n) is 8.14. The van der Waals surface area contributed by atoms with Crippen LogP contribution in [0.2, 0.25) is 5.02 Å². The molecule has 0 saturated carbocycles. The summed E-state index contributed by atoms with van der Waals surface area (Å²) in [6.07, 6.45) is 1.47. The minimum atomic E-state index is -0.783. The van der Waals surface area contributed by atoms with Crippen molar-refractivity contribution in [1.82, 2.24) is 15.8 Å². The van der Waals surface area contributed by atoms with Gasteiger partial charge in [-0.05, 0) is 37.3 Å². The second-order valence-corrected chi connectivity index (χ2v) is 5.65. The van der Waals surface area contributed by atoms with Crippen LogP contribution in [0, 0.1) is 0 Å². The number of methoxy groups -OCH3 is 1. The molecule has 0 radical (unpaired) electrons. The monoisotopic (exact) mass is 407 g/mol. The van der Waals surface area contributed by atoms with Crippen molar-refractivity contribution in [3.05, 3.63) is 52.7 Å². The van der Waals surface area contributed by atoms with E-state index < -0.39 is 24.4 Å². The van der Waals surface area contributed by atoms with Crippen LogP contribution < -0.4 is 20.3 Å². The van der Waals surface area contributed by atoms with Gasteiger partial charge in [0, 0.05) is 11.2 Å². The number of carbonyl (C=O) groups is 3. The molecule has 0 unspecified atom stereocenters. The van der Waals surface area contributed by atoms with Crippen molar-refractivity contribution in [2.45, 2.75) is 6.92 Å². The SMILES string of the molecule is CCOc1ncccc1C(=O)OCC(=O)NNC(=O)c1cc(Cl)ccc1OC. The zero-order valence-electron chi connectivity index (χ0n) is 15.2. The van der Waals surface area contributed by atoms with Gasteiger partial charge in [-0.3, -0.25) is 20.4 Å². The normalized spacial score (nSPS) is 9.96. The highest BCUT2D eigenvalue weighted by atomic mass is 35.5. The molecule has 0 aliphatic rings. The number of benzene rings is 1. The highest BCUT2D eigenvalue weighted by Crippen LogP contribution is 2.22. The topological polar surface area (TPSA) is 116 Å². The van der Waals surface area contributed by atoms with Crippen molar-refractivity contribution >= 4 is 29.4 Å². The Morgan fingerprint density at radius 1 is 1.14 bits per heavy atom. The molecular weight excluding hydrogens is 390 g/mol. The summed E-state index contributed by atoms with van der Waals surface area (Å²) in [5, 5.41) is 0.327. The highest BCUT2D eigenvalue weighted by Gasteiger charge is 2.17. The molecule has 9 nitrogen and oxygen atoms in total. The summed E-state index contributed by atoms with van der Waals surface area (Å²) in [6.45, 7) is 1.44. The molecule has 2 N–H and O–H groups in total. The minimum absolute atomic E-state index is 0.0878. The number of esters is 1. The molecule has 1 heterocycles. The van der Waals surface area contributed by atoms with E-state index >= 15 is 0 Å². The third-order valence-electron chi connectivity index (χ3n) is 3.33. The smallest absolute Gasteiger partial charge is 0.344 e. The van der Waals surface area contributed by atoms with E-state index in [1.165, 1.54) is 37.6 Å². The molecule has 2 rings (SSSR count). The number of nitrogens with one attached hydrogen (secondary N) is 2. The van der Waals surface area contributed by atoms with E-state index in [1.807, 2.05) is 0 Å². The predicted octanol–water partition coefficient (Wildman–Crippen LogP) is 1.76. The summed E-state index contributed by atoms with van der Waals surface area (Å²) in [6, 6.07) is 7.47. The van der Waals surface area contributed by atoms with E-state index in [0.29, 0.717) is 11.6 Å². The average Bonchev–Trinajstić information content (AvgIpc) is 2.70. The van der Waals surface area contributed by atoms with E-state index in [4.69, 9.17) is 25.8 Å². The zero-order valence-corrected chi connectivity index (χ0v) is 15.9. The molecule has 10 heteroatoms. The van der Waals surface area contributed by atoms with Gasteiger partial charge in [-0.1, -0.05) is 11.6 Å². The number of aromatic nitrogens is 1. The van der Waals surface area contributed by atoms with Crippen molar-refractivity contribution in [2.24, 2.45) is 0 Å². The highest BCUT2D eigenvalue weighted by molar-refractivity contribution is 6.31. The molecule has 0 fully saturated rings. The lowest BCUT2D eigenvalue weighted by atomic mass is 10.2. The third kappa shape index (κ3) is 5.58. The molecular formula is C18H18ClN3O6. The number of ether oxygens (including phenoxy) is 3. The van der Waals surface area contributed by atoms with Crippen LogP contribution in [0.3, 0.4) is 0 Å². The number of halogens is 1. The van der Waals surface area contributed by atoms with Gasteiger partial charge in [0.25, 0.3) is 11.8 Å². The molecule has 0 bridgehead atoms. The van der Waals surface area contributed by atoms with Gasteiger partial charge < -0.3 is 14.2 Å². The fourth-order valence-electron chi connectivity index (χ4n) is 2.09. The summed E-state index contributed by atoms with van der Waals surface area (Å²) >= 11 is 5.86. The van der Waals surface area contributed by atoms with Crippen LogP contribution in [0.1, 0.15) is 27.6 Å². The molecule has 0 saturated heterocycles. The Balaban J connectivity index is 1.89. The predicted molar refractivity (Wildman–Crippen MR) is 99.3 cm³/mol. The number of hydrazine groups is 1. The molecule has 28 heavy (non-hydrogen) atoms. The van der Waals surface area contributed by atoms with Gasteiger partial charge in [-0.25, -0.2) is 9.78 Å². The van der Waals surface area contributed by atoms with E-state index in [1.54, 1.807) is 13.0 Å². The van der Waals surface area contributed by atoms with Crippen LogP contribution in [0.15, 0.2) is 36.5 Å². The standard InChI is InChI=1S/C18H18ClN3O6/c1-3-27-17-12(5-4-8-20-17)18(25)28-10-15(23)21-22-16(24)13-9-11(19)6-7-14(13)26-2/h4-9H,3,10H2,1-2H3,(H,21,23)(H,22,24). The van der Waals surface area contributed by atoms with E-state index in [-0.39, 0.29) is 22.8 Å². The van der Waals surface area contributed by atoms with Crippen LogP contribution in [0.25, 0.3) is 0 Å². The molecule has 2 amide bonds. The van der Waals surface area contributed by atoms with Gasteiger partial charge in [0.05, 0.1) is 19.3 Å². The molecule has 2 aromatic rings. The maximum Gasteiger partial charge on any atom is 0.344 e. The fraction of sp³-hybridized carbons (Fsp3) is 0.222. The third-order valence-corrected chi connectivity index (χ3v) is 3.56. The van der Waals surface area contributed by atoms with Gasteiger partial charge in [0.15, 0.2) is 6.61 Å². The largest absolute Gasteiger partial charge is 0.496 e. The minimum Gasteiger partial charge on any atom is -0.496 e. The lowest BCUT2D eigenvalue weighted by molar-refractivity contribution is -0.125. The Kier molecular flexibility index (Phi) is 7.58. The maximum absolute atomic E-state index is 12.2. The summed E-state index contributed by atoms with van der Waals surface area (Å²) in [5.74, 6) is -1.79. The number of hydrogen-bond acceptors (Lipinski definition) is 7. The number of hydrogen-bond donors (Lipinski definition) is 2. The maximum atomic E-state index is 12.2. The van der Waals surface area contributed by atoms with E-state index in [0.717, 1.165) is 0 Å². The van der Waals surface area contributed by atoms with Gasteiger partial charge in [-0.2, -0.15) is 0 Å². The van der Waals surface area contributed by atoms with Crippen LogP contribution >= 0.6 is 11.6 Å². The molecule has 1 aromatic heterocycles. The Morgan fingerprint density at radius 3 is 2.64 bits per heavy atom. The molecule has 148 valence electrons. The lowest BCUT2D eigenvalue weighted by Crippen LogP contribution is -2.43. The van der Waals surface area contributed by atoms with Crippen molar-refractivity contribution in [3.8, 4) is 11.6 Å². The van der Waals surface area contributed by atoms with E-state index in [9.17, 15) is 14.4 Å².